The van der Waals surface area contributed by atoms with Crippen molar-refractivity contribution in [1.29, 1.82) is 5.26 Å². The maximum atomic E-state index is 8.97. The molecule has 138 valence electrons. The first-order valence-electron chi connectivity index (χ1n) is 9.95. The maximum absolute atomic E-state index is 8.97. The molecule has 0 N–H and O–H groups in total. The van der Waals surface area contributed by atoms with Crippen LogP contribution in [-0.4, -0.2) is 41.0 Å². The summed E-state index contributed by atoms with van der Waals surface area (Å²) in [6, 6.07) is 12.9. The van der Waals surface area contributed by atoms with Crippen LogP contribution in [0.2, 0.25) is 0 Å². The first-order valence-corrected chi connectivity index (χ1v) is 9.95. The van der Waals surface area contributed by atoms with Crippen molar-refractivity contribution in [2.75, 3.05) is 31.1 Å². The number of likely N-dealkylation sites (tertiary alicyclic amines) is 1. The normalized spacial score (nSPS) is 30.0. The summed E-state index contributed by atoms with van der Waals surface area (Å²) < 4.78 is 0. The van der Waals surface area contributed by atoms with E-state index in [2.05, 4.69) is 56.2 Å². The van der Waals surface area contributed by atoms with Crippen molar-refractivity contribution in [2.24, 2.45) is 10.8 Å². The maximum Gasteiger partial charge on any atom is 0.158 e. The highest BCUT2D eigenvalue weighted by atomic mass is 15.3. The molecule has 5 heteroatoms. The first kappa shape index (κ1) is 16.7. The van der Waals surface area contributed by atoms with E-state index in [1.165, 1.54) is 44.3 Å². The molecule has 0 spiro atoms. The van der Waals surface area contributed by atoms with Crippen LogP contribution < -0.4 is 4.90 Å². The Labute approximate surface area is 160 Å². The second-order valence-corrected chi connectivity index (χ2v) is 8.63. The summed E-state index contributed by atoms with van der Waals surface area (Å²) in [5.74, 6) is 0.929. The van der Waals surface area contributed by atoms with Crippen molar-refractivity contribution in [2.45, 2.75) is 32.2 Å². The Bertz CT molecular complexity index is 835. The van der Waals surface area contributed by atoms with Crippen LogP contribution in [-0.2, 0) is 6.54 Å². The molecule has 3 heterocycles. The van der Waals surface area contributed by atoms with Crippen LogP contribution >= 0.6 is 0 Å². The number of rotatable bonds is 3. The van der Waals surface area contributed by atoms with Gasteiger partial charge in [-0.05, 0) is 18.4 Å². The van der Waals surface area contributed by atoms with Gasteiger partial charge in [-0.15, -0.1) is 0 Å². The minimum absolute atomic E-state index is 0.371. The third kappa shape index (κ3) is 2.71. The summed E-state index contributed by atoms with van der Waals surface area (Å²) in [5, 5.41) is 8.97. The zero-order valence-corrected chi connectivity index (χ0v) is 15.6. The average molecular weight is 359 g/mol. The SMILES string of the molecule is N#Cc1cnc(N2CC34CCCCC3(CN(Cc3ccccc3)C4)C2)cn1. The van der Waals surface area contributed by atoms with E-state index in [0.717, 1.165) is 25.5 Å². The van der Waals surface area contributed by atoms with E-state index >= 15 is 0 Å². The number of benzene rings is 1. The number of hydrogen-bond acceptors (Lipinski definition) is 5. The van der Waals surface area contributed by atoms with Crippen molar-refractivity contribution in [3.63, 3.8) is 0 Å². The Hall–Kier alpha value is -2.45. The number of hydrogen-bond donors (Lipinski definition) is 0. The highest BCUT2D eigenvalue weighted by Gasteiger charge is 2.63. The molecule has 0 amide bonds. The van der Waals surface area contributed by atoms with Crippen LogP contribution in [0.25, 0.3) is 0 Å². The zero-order chi connectivity index (χ0) is 18.3. The van der Waals surface area contributed by atoms with E-state index in [-0.39, 0.29) is 0 Å². The summed E-state index contributed by atoms with van der Waals surface area (Å²) in [4.78, 5) is 13.9. The van der Waals surface area contributed by atoms with Crippen molar-refractivity contribution in [3.05, 3.63) is 54.0 Å². The van der Waals surface area contributed by atoms with Crippen molar-refractivity contribution < 1.29 is 0 Å². The van der Waals surface area contributed by atoms with Gasteiger partial charge in [-0.25, -0.2) is 9.97 Å². The lowest BCUT2D eigenvalue weighted by molar-refractivity contribution is 0.0945. The molecule has 2 aromatic rings. The molecule has 0 bridgehead atoms. The van der Waals surface area contributed by atoms with Crippen LogP contribution in [0.5, 0.6) is 0 Å². The Morgan fingerprint density at radius 1 is 0.926 bits per heavy atom. The first-order chi connectivity index (χ1) is 13.2. The van der Waals surface area contributed by atoms with Gasteiger partial charge in [0.05, 0.1) is 12.4 Å². The summed E-state index contributed by atoms with van der Waals surface area (Å²) >= 11 is 0. The molecule has 1 aliphatic carbocycles. The molecule has 2 atom stereocenters. The van der Waals surface area contributed by atoms with Gasteiger partial charge in [0.15, 0.2) is 5.69 Å². The molecule has 2 saturated heterocycles. The predicted molar refractivity (Wildman–Crippen MR) is 104 cm³/mol. The van der Waals surface area contributed by atoms with Crippen LogP contribution in [0.4, 0.5) is 5.82 Å². The molecule has 3 aliphatic rings. The second-order valence-electron chi connectivity index (χ2n) is 8.63. The van der Waals surface area contributed by atoms with E-state index in [0.29, 0.717) is 16.5 Å². The Morgan fingerprint density at radius 3 is 2.22 bits per heavy atom. The molecule has 0 radical (unpaired) electrons. The molecular formula is C22H25N5. The third-order valence-corrected chi connectivity index (χ3v) is 7.05. The van der Waals surface area contributed by atoms with Gasteiger partial charge in [-0.2, -0.15) is 5.26 Å². The van der Waals surface area contributed by atoms with Gasteiger partial charge in [0.25, 0.3) is 0 Å². The highest BCUT2D eigenvalue weighted by Crippen LogP contribution is 2.60. The van der Waals surface area contributed by atoms with E-state index in [9.17, 15) is 0 Å². The van der Waals surface area contributed by atoms with Crippen LogP contribution in [0.15, 0.2) is 42.7 Å². The molecule has 27 heavy (non-hydrogen) atoms. The summed E-state index contributed by atoms with van der Waals surface area (Å²) in [6.07, 6.45) is 8.70. The van der Waals surface area contributed by atoms with Crippen molar-refractivity contribution >= 4 is 5.82 Å². The third-order valence-electron chi connectivity index (χ3n) is 7.05. The van der Waals surface area contributed by atoms with E-state index < -0.39 is 0 Å². The van der Waals surface area contributed by atoms with Gasteiger partial charge in [0.2, 0.25) is 0 Å². The number of nitriles is 1. The Morgan fingerprint density at radius 2 is 1.63 bits per heavy atom. The minimum atomic E-state index is 0.371. The van der Waals surface area contributed by atoms with Crippen molar-refractivity contribution in [1.82, 2.24) is 14.9 Å². The Balaban J connectivity index is 1.39. The summed E-state index contributed by atoms with van der Waals surface area (Å²) in [6.45, 7) is 5.56. The highest BCUT2D eigenvalue weighted by molar-refractivity contribution is 5.42. The molecule has 2 aliphatic heterocycles. The lowest BCUT2D eigenvalue weighted by atomic mass is 9.60. The summed E-state index contributed by atoms with van der Waals surface area (Å²) in [5.41, 5.74) is 2.54. The number of aromatic nitrogens is 2. The molecule has 1 aromatic heterocycles. The van der Waals surface area contributed by atoms with Crippen molar-refractivity contribution in [3.8, 4) is 6.07 Å². The van der Waals surface area contributed by atoms with Gasteiger partial charge >= 0.3 is 0 Å². The lowest BCUT2D eigenvalue weighted by Crippen LogP contribution is -2.42. The standard InChI is InChI=1S/C22H25N5/c23-10-19-11-25-20(12-24-19)27-16-21-8-4-5-9-22(21,17-27)15-26(14-21)13-18-6-2-1-3-7-18/h1-3,6-7,11-12H,4-5,8-9,13-17H2. The van der Waals surface area contributed by atoms with Crippen LogP contribution in [0.3, 0.4) is 0 Å². The van der Waals surface area contributed by atoms with Gasteiger partial charge < -0.3 is 4.90 Å². The van der Waals surface area contributed by atoms with Gasteiger partial charge in [-0.3, -0.25) is 4.90 Å². The molecule has 1 aromatic carbocycles. The fraction of sp³-hybridized carbons (Fsp3) is 0.500. The summed E-state index contributed by atoms with van der Waals surface area (Å²) in [7, 11) is 0. The Kier molecular flexibility index (Phi) is 3.91. The average Bonchev–Trinajstić information content (AvgIpc) is 3.19. The monoisotopic (exact) mass is 359 g/mol. The number of anilines is 1. The fourth-order valence-electron chi connectivity index (χ4n) is 5.90. The smallest absolute Gasteiger partial charge is 0.158 e. The van der Waals surface area contributed by atoms with Crippen LogP contribution in [0, 0.1) is 22.2 Å². The molecule has 5 rings (SSSR count). The second kappa shape index (κ2) is 6.31. The zero-order valence-electron chi connectivity index (χ0n) is 15.6. The van der Waals surface area contributed by atoms with E-state index in [4.69, 9.17) is 5.26 Å². The topological polar surface area (TPSA) is 56.1 Å². The van der Waals surface area contributed by atoms with E-state index in [1.807, 2.05) is 0 Å². The molecule has 1 saturated carbocycles. The lowest BCUT2D eigenvalue weighted by Gasteiger charge is -2.42. The van der Waals surface area contributed by atoms with Gasteiger partial charge in [-0.1, -0.05) is 43.2 Å². The minimum Gasteiger partial charge on any atom is -0.354 e. The quantitative estimate of drug-likeness (QED) is 0.842. The fourth-order valence-corrected chi connectivity index (χ4v) is 5.90. The molecule has 5 nitrogen and oxygen atoms in total. The van der Waals surface area contributed by atoms with Gasteiger partial charge in [0, 0.05) is 43.6 Å². The predicted octanol–water partition coefficient (Wildman–Crippen LogP) is 3.23. The van der Waals surface area contributed by atoms with E-state index in [1.54, 1.807) is 12.4 Å². The van der Waals surface area contributed by atoms with Gasteiger partial charge in [0.1, 0.15) is 11.9 Å². The molecule has 3 fully saturated rings. The van der Waals surface area contributed by atoms with Crippen LogP contribution in [0.1, 0.15) is 36.9 Å². The largest absolute Gasteiger partial charge is 0.354 e. The molecule has 2 unspecified atom stereocenters. The number of nitrogens with zero attached hydrogens (tertiary/aromatic N) is 5. The molecular weight excluding hydrogens is 334 g/mol.